The Hall–Kier alpha value is -0.920. The van der Waals surface area contributed by atoms with Crippen LogP contribution >= 0.6 is 11.3 Å². The molecule has 0 aliphatic carbocycles. The van der Waals surface area contributed by atoms with Crippen LogP contribution in [0.3, 0.4) is 0 Å². The normalized spacial score (nSPS) is 20.3. The molecule has 1 aliphatic rings. The van der Waals surface area contributed by atoms with Crippen LogP contribution in [-0.2, 0) is 14.8 Å². The zero-order valence-electron chi connectivity index (χ0n) is 13.4. The van der Waals surface area contributed by atoms with Gasteiger partial charge in [-0.2, -0.15) is 4.31 Å². The van der Waals surface area contributed by atoms with E-state index in [1.807, 2.05) is 0 Å². The van der Waals surface area contributed by atoms with Crippen LogP contribution in [-0.4, -0.2) is 50.2 Å². The van der Waals surface area contributed by atoms with Crippen molar-refractivity contribution in [2.24, 2.45) is 11.8 Å². The number of thiophene rings is 1. The van der Waals surface area contributed by atoms with Gasteiger partial charge in [0.1, 0.15) is 4.21 Å². The highest BCUT2D eigenvalue weighted by Crippen LogP contribution is 2.27. The van der Waals surface area contributed by atoms with Crippen LogP contribution in [0.1, 0.15) is 26.7 Å². The van der Waals surface area contributed by atoms with E-state index in [0.717, 1.165) is 12.8 Å². The highest BCUT2D eigenvalue weighted by molar-refractivity contribution is 7.91. The maximum absolute atomic E-state index is 12.6. The maximum atomic E-state index is 12.6. The number of piperidine rings is 1. The Labute approximate surface area is 137 Å². The molecule has 22 heavy (non-hydrogen) atoms. The average Bonchev–Trinajstić information content (AvgIpc) is 3.00. The van der Waals surface area contributed by atoms with Gasteiger partial charge in [-0.3, -0.25) is 4.79 Å². The van der Waals surface area contributed by atoms with Crippen molar-refractivity contribution in [3.05, 3.63) is 17.5 Å². The van der Waals surface area contributed by atoms with Crippen LogP contribution in [0.15, 0.2) is 21.7 Å². The fourth-order valence-corrected chi connectivity index (χ4v) is 5.52. The van der Waals surface area contributed by atoms with Crippen LogP contribution < -0.4 is 0 Å². The Morgan fingerprint density at radius 3 is 2.82 bits per heavy atom. The van der Waals surface area contributed by atoms with Crippen LogP contribution in [0.5, 0.6) is 0 Å². The predicted molar refractivity (Wildman–Crippen MR) is 88.3 cm³/mol. The molecule has 1 atom stereocenters. The van der Waals surface area contributed by atoms with Gasteiger partial charge >= 0.3 is 0 Å². The summed E-state index contributed by atoms with van der Waals surface area (Å²) in [5, 5.41) is 1.76. The summed E-state index contributed by atoms with van der Waals surface area (Å²) in [6.45, 7) is 5.63. The second-order valence-electron chi connectivity index (χ2n) is 6.25. The van der Waals surface area contributed by atoms with Crippen LogP contribution in [0.2, 0.25) is 0 Å². The number of amides is 1. The highest BCUT2D eigenvalue weighted by Gasteiger charge is 2.34. The molecule has 2 heterocycles. The molecule has 2 rings (SSSR count). The molecule has 1 aromatic rings. The van der Waals surface area contributed by atoms with Crippen molar-refractivity contribution in [3.63, 3.8) is 0 Å². The van der Waals surface area contributed by atoms with E-state index in [1.54, 1.807) is 29.5 Å². The molecular formula is C15H24N2O3S2. The molecule has 1 aliphatic heterocycles. The monoisotopic (exact) mass is 344 g/mol. The van der Waals surface area contributed by atoms with Gasteiger partial charge in [-0.05, 0) is 30.2 Å². The third-order valence-corrected chi connectivity index (χ3v) is 7.08. The van der Waals surface area contributed by atoms with Crippen molar-refractivity contribution < 1.29 is 13.2 Å². The lowest BCUT2D eigenvalue weighted by molar-refractivity contribution is -0.135. The number of hydrogen-bond donors (Lipinski definition) is 0. The zero-order chi connectivity index (χ0) is 16.3. The molecule has 0 N–H and O–H groups in total. The van der Waals surface area contributed by atoms with Crippen molar-refractivity contribution in [1.29, 1.82) is 0 Å². The molecule has 7 heteroatoms. The second kappa shape index (κ2) is 7.10. The SMILES string of the molecule is CC(C)CN(C)C(=O)C1CCCN(S(=O)(=O)c2cccs2)C1. The first-order valence-corrected chi connectivity index (χ1v) is 9.93. The molecule has 0 aromatic carbocycles. The summed E-state index contributed by atoms with van der Waals surface area (Å²) in [7, 11) is -1.65. The number of carbonyl (C=O) groups is 1. The van der Waals surface area contributed by atoms with Gasteiger partial charge < -0.3 is 4.90 Å². The molecule has 0 bridgehead atoms. The lowest BCUT2D eigenvalue weighted by Crippen LogP contribution is -2.46. The van der Waals surface area contributed by atoms with Gasteiger partial charge in [0.05, 0.1) is 5.92 Å². The first-order chi connectivity index (χ1) is 10.3. The van der Waals surface area contributed by atoms with Gasteiger partial charge in [-0.25, -0.2) is 8.42 Å². The van der Waals surface area contributed by atoms with Crippen molar-refractivity contribution in [2.45, 2.75) is 30.9 Å². The topological polar surface area (TPSA) is 57.7 Å². The van der Waals surface area contributed by atoms with E-state index in [4.69, 9.17) is 0 Å². The predicted octanol–water partition coefficient (Wildman–Crippen LogP) is 2.26. The van der Waals surface area contributed by atoms with Crippen LogP contribution in [0.4, 0.5) is 0 Å². The van der Waals surface area contributed by atoms with Gasteiger partial charge in [0, 0.05) is 26.7 Å². The molecule has 1 saturated heterocycles. The standard InChI is InChI=1S/C15H24N2O3S2/c1-12(2)10-16(3)15(18)13-6-4-8-17(11-13)22(19,20)14-7-5-9-21-14/h5,7,9,12-13H,4,6,8,10-11H2,1-3H3. The summed E-state index contributed by atoms with van der Waals surface area (Å²) in [6.07, 6.45) is 1.49. The first kappa shape index (κ1) is 17.4. The molecule has 1 aromatic heterocycles. The van der Waals surface area contributed by atoms with Crippen molar-refractivity contribution in [2.75, 3.05) is 26.7 Å². The Morgan fingerprint density at radius 2 is 2.23 bits per heavy atom. The van der Waals surface area contributed by atoms with Gasteiger partial charge in [0.25, 0.3) is 10.0 Å². The minimum atomic E-state index is -3.45. The van der Waals surface area contributed by atoms with Gasteiger partial charge in [0.2, 0.25) is 5.91 Å². The molecule has 5 nitrogen and oxygen atoms in total. The molecule has 1 unspecified atom stereocenters. The minimum absolute atomic E-state index is 0.0554. The average molecular weight is 345 g/mol. The summed E-state index contributed by atoms with van der Waals surface area (Å²) in [4.78, 5) is 14.2. The molecule has 0 spiro atoms. The quantitative estimate of drug-likeness (QED) is 0.823. The minimum Gasteiger partial charge on any atom is -0.345 e. The van der Waals surface area contributed by atoms with E-state index >= 15 is 0 Å². The smallest absolute Gasteiger partial charge is 0.252 e. The third kappa shape index (κ3) is 3.88. The molecular weight excluding hydrogens is 320 g/mol. The Balaban J connectivity index is 2.07. The van der Waals surface area contributed by atoms with E-state index < -0.39 is 10.0 Å². The van der Waals surface area contributed by atoms with Crippen molar-refractivity contribution >= 4 is 27.3 Å². The summed E-state index contributed by atoms with van der Waals surface area (Å²) in [5.41, 5.74) is 0. The summed E-state index contributed by atoms with van der Waals surface area (Å²) >= 11 is 1.22. The van der Waals surface area contributed by atoms with E-state index in [2.05, 4.69) is 13.8 Å². The Bertz CT molecular complexity index is 596. The summed E-state index contributed by atoms with van der Waals surface area (Å²) in [5.74, 6) is 0.232. The number of rotatable bonds is 5. The second-order valence-corrected chi connectivity index (χ2v) is 9.36. The molecule has 1 fully saturated rings. The number of hydrogen-bond acceptors (Lipinski definition) is 4. The molecule has 124 valence electrons. The third-order valence-electron chi connectivity index (χ3n) is 3.84. The molecule has 0 saturated carbocycles. The largest absolute Gasteiger partial charge is 0.345 e. The molecule has 0 radical (unpaired) electrons. The molecule has 1 amide bonds. The Kier molecular flexibility index (Phi) is 5.63. The van der Waals surface area contributed by atoms with Gasteiger partial charge in [0.15, 0.2) is 0 Å². The lowest BCUT2D eigenvalue weighted by atomic mass is 9.98. The zero-order valence-corrected chi connectivity index (χ0v) is 15.0. The summed E-state index contributed by atoms with van der Waals surface area (Å²) < 4.78 is 27.0. The van der Waals surface area contributed by atoms with Crippen molar-refractivity contribution in [3.8, 4) is 0 Å². The fourth-order valence-electron chi connectivity index (χ4n) is 2.85. The van der Waals surface area contributed by atoms with Gasteiger partial charge in [-0.15, -0.1) is 11.3 Å². The number of sulfonamides is 1. The maximum Gasteiger partial charge on any atom is 0.252 e. The highest BCUT2D eigenvalue weighted by atomic mass is 32.2. The van der Waals surface area contributed by atoms with E-state index in [1.165, 1.54) is 15.6 Å². The van der Waals surface area contributed by atoms with Crippen LogP contribution in [0, 0.1) is 11.8 Å². The summed E-state index contributed by atoms with van der Waals surface area (Å²) in [6, 6.07) is 3.36. The number of carbonyl (C=O) groups excluding carboxylic acids is 1. The van der Waals surface area contributed by atoms with Gasteiger partial charge in [-0.1, -0.05) is 19.9 Å². The van der Waals surface area contributed by atoms with E-state index in [0.29, 0.717) is 29.8 Å². The number of nitrogens with zero attached hydrogens (tertiary/aromatic N) is 2. The van der Waals surface area contributed by atoms with Crippen LogP contribution in [0.25, 0.3) is 0 Å². The fraction of sp³-hybridized carbons (Fsp3) is 0.667. The van der Waals surface area contributed by atoms with E-state index in [-0.39, 0.29) is 11.8 Å². The van der Waals surface area contributed by atoms with Crippen molar-refractivity contribution in [1.82, 2.24) is 9.21 Å². The lowest BCUT2D eigenvalue weighted by Gasteiger charge is -2.33. The Morgan fingerprint density at radius 1 is 1.50 bits per heavy atom. The van der Waals surface area contributed by atoms with E-state index in [9.17, 15) is 13.2 Å². The first-order valence-electron chi connectivity index (χ1n) is 7.61.